The second-order valence-electron chi connectivity index (χ2n) is 7.69. The molecule has 2 N–H and O–H groups in total. The van der Waals surface area contributed by atoms with Crippen LogP contribution in [0.25, 0.3) is 5.70 Å². The fourth-order valence-corrected chi connectivity index (χ4v) is 2.73. The maximum Gasteiger partial charge on any atom is 0.169 e. The largest absolute Gasteiger partial charge is 0.338 e. The first kappa shape index (κ1) is 25.2. The molecule has 0 atom stereocenters. The fraction of sp³-hybridized carbons (Fsp3) is 0.500. The van der Waals surface area contributed by atoms with Crippen LogP contribution in [0.1, 0.15) is 81.9 Å². The van der Waals surface area contributed by atoms with Gasteiger partial charge in [0.2, 0.25) is 0 Å². The number of hydrogen-bond acceptors (Lipinski definition) is 3. The van der Waals surface area contributed by atoms with E-state index in [1.165, 1.54) is 31.2 Å². The number of H-pyrrole nitrogens is 1. The zero-order valence-electron chi connectivity index (χ0n) is 18.5. The highest BCUT2D eigenvalue weighted by atomic mass is 79.9. The molecule has 0 spiro atoms. The van der Waals surface area contributed by atoms with E-state index in [4.69, 9.17) is 0 Å². The van der Waals surface area contributed by atoms with Crippen molar-refractivity contribution < 1.29 is 4.79 Å². The molecule has 0 radical (unpaired) electrons. The zero-order chi connectivity index (χ0) is 21.8. The summed E-state index contributed by atoms with van der Waals surface area (Å²) in [5.41, 5.74) is 3.41. The van der Waals surface area contributed by atoms with Gasteiger partial charge in [0, 0.05) is 11.3 Å². The highest BCUT2D eigenvalue weighted by Crippen LogP contribution is 2.31. The van der Waals surface area contributed by atoms with E-state index in [0.29, 0.717) is 22.3 Å². The zero-order valence-corrected chi connectivity index (χ0v) is 20.1. The lowest BCUT2D eigenvalue weighted by Crippen LogP contribution is -2.01. The first-order chi connectivity index (χ1) is 13.9. The summed E-state index contributed by atoms with van der Waals surface area (Å²) in [4.78, 5) is 10.7. The van der Waals surface area contributed by atoms with Crippen molar-refractivity contribution in [3.8, 4) is 0 Å². The Labute approximate surface area is 184 Å². The second-order valence-corrected chi connectivity index (χ2v) is 8.48. The molecule has 1 fully saturated rings. The molecule has 0 bridgehead atoms. The molecule has 3 rings (SSSR count). The Balaban J connectivity index is 0.000000344. The van der Waals surface area contributed by atoms with Gasteiger partial charge in [0.1, 0.15) is 5.69 Å². The Bertz CT molecular complexity index is 761. The van der Waals surface area contributed by atoms with E-state index in [0.717, 1.165) is 29.5 Å². The Morgan fingerprint density at radius 1 is 1.31 bits per heavy atom. The van der Waals surface area contributed by atoms with Gasteiger partial charge in [0.05, 0.1) is 4.47 Å². The molecule has 5 heteroatoms. The second kappa shape index (κ2) is 13.4. The number of hydrogen-bond donors (Lipinski definition) is 2. The van der Waals surface area contributed by atoms with Gasteiger partial charge in [0.25, 0.3) is 0 Å². The topological polar surface area (TPSA) is 57.8 Å². The van der Waals surface area contributed by atoms with Gasteiger partial charge < -0.3 is 5.32 Å². The first-order valence-electron chi connectivity index (χ1n) is 10.6. The SMILES string of the molecule is C=C(Nc1n[nH]c(C=O)c1Br)c1ccccc1CC.CCC(C)C.CCC1CC1. The van der Waals surface area contributed by atoms with Crippen LogP contribution in [0.15, 0.2) is 35.3 Å². The van der Waals surface area contributed by atoms with Crippen molar-refractivity contribution in [3.63, 3.8) is 0 Å². The first-order valence-corrected chi connectivity index (χ1v) is 11.4. The number of carbonyl (C=O) groups is 1. The molecule has 0 saturated heterocycles. The monoisotopic (exact) mass is 461 g/mol. The number of nitrogens with zero attached hydrogens (tertiary/aromatic N) is 1. The summed E-state index contributed by atoms with van der Waals surface area (Å²) < 4.78 is 0.609. The number of halogens is 1. The number of benzene rings is 1. The quantitative estimate of drug-likeness (QED) is 0.419. The molecular weight excluding hydrogens is 426 g/mol. The molecule has 1 aromatic carbocycles. The molecule has 29 heavy (non-hydrogen) atoms. The van der Waals surface area contributed by atoms with Crippen LogP contribution in [0.2, 0.25) is 0 Å². The van der Waals surface area contributed by atoms with Crippen LogP contribution in [-0.2, 0) is 6.42 Å². The van der Waals surface area contributed by atoms with Crippen LogP contribution < -0.4 is 5.32 Å². The Hall–Kier alpha value is -1.88. The molecule has 1 aromatic heterocycles. The summed E-state index contributed by atoms with van der Waals surface area (Å²) in [7, 11) is 0. The number of aldehydes is 1. The van der Waals surface area contributed by atoms with Gasteiger partial charge in [-0.2, -0.15) is 5.10 Å². The fourth-order valence-electron chi connectivity index (χ4n) is 2.36. The van der Waals surface area contributed by atoms with E-state index in [-0.39, 0.29) is 0 Å². The minimum atomic E-state index is 0.402. The van der Waals surface area contributed by atoms with Crippen molar-refractivity contribution in [2.75, 3.05) is 5.32 Å². The Morgan fingerprint density at radius 3 is 2.34 bits per heavy atom. The van der Waals surface area contributed by atoms with Crippen molar-refractivity contribution in [3.05, 3.63) is 52.1 Å². The van der Waals surface area contributed by atoms with Crippen molar-refractivity contribution in [2.45, 2.75) is 66.7 Å². The normalized spacial score (nSPS) is 12.4. The maximum absolute atomic E-state index is 10.7. The number of carbonyl (C=O) groups excluding carboxylic acids is 1. The molecular formula is C24H36BrN3O. The van der Waals surface area contributed by atoms with E-state index in [1.807, 2.05) is 18.2 Å². The summed E-state index contributed by atoms with van der Waals surface area (Å²) in [5, 5.41) is 9.79. The molecule has 1 saturated carbocycles. The van der Waals surface area contributed by atoms with Gasteiger partial charge >= 0.3 is 0 Å². The molecule has 1 aliphatic carbocycles. The van der Waals surface area contributed by atoms with Crippen molar-refractivity contribution >= 4 is 33.7 Å². The average Bonchev–Trinajstić information content (AvgIpc) is 3.52. The predicted octanol–water partition coefficient (Wildman–Crippen LogP) is 7.49. The van der Waals surface area contributed by atoms with Crippen LogP contribution in [0.5, 0.6) is 0 Å². The summed E-state index contributed by atoms with van der Waals surface area (Å²) in [6.45, 7) is 15.0. The summed E-state index contributed by atoms with van der Waals surface area (Å²) in [5.74, 6) is 2.57. The van der Waals surface area contributed by atoms with Gasteiger partial charge in [-0.15, -0.1) is 0 Å². The summed E-state index contributed by atoms with van der Waals surface area (Å²) in [6, 6.07) is 8.05. The van der Waals surface area contributed by atoms with Crippen LogP contribution >= 0.6 is 15.9 Å². The lowest BCUT2D eigenvalue weighted by molar-refractivity contribution is 0.111. The van der Waals surface area contributed by atoms with E-state index in [9.17, 15) is 4.79 Å². The predicted molar refractivity (Wildman–Crippen MR) is 128 cm³/mol. The van der Waals surface area contributed by atoms with E-state index < -0.39 is 0 Å². The highest BCUT2D eigenvalue weighted by molar-refractivity contribution is 9.10. The van der Waals surface area contributed by atoms with Crippen LogP contribution in [-0.4, -0.2) is 16.5 Å². The van der Waals surface area contributed by atoms with Crippen LogP contribution in [0, 0.1) is 11.8 Å². The maximum atomic E-state index is 10.7. The summed E-state index contributed by atoms with van der Waals surface area (Å²) >= 11 is 3.32. The van der Waals surface area contributed by atoms with Crippen LogP contribution in [0.3, 0.4) is 0 Å². The van der Waals surface area contributed by atoms with Gasteiger partial charge in [-0.25, -0.2) is 0 Å². The standard InChI is InChI=1S/C14H14BrN3O.C5H10.C5H12/c1-3-10-6-4-5-7-11(10)9(2)16-14-13(15)12(8-19)17-18-14;1-2-5-3-4-5;1-4-5(2)3/h4-8H,2-3H2,1H3,(H2,16,17,18);5H,2-4H2,1H3;5H,4H2,1-3H3. The van der Waals surface area contributed by atoms with Gasteiger partial charge in [-0.05, 0) is 39.8 Å². The van der Waals surface area contributed by atoms with Gasteiger partial charge in [-0.1, -0.05) is 91.1 Å². The van der Waals surface area contributed by atoms with Crippen molar-refractivity contribution in [1.82, 2.24) is 10.2 Å². The number of aromatic amines is 1. The number of aryl methyl sites for hydroxylation is 1. The molecule has 0 unspecified atom stereocenters. The minimum Gasteiger partial charge on any atom is -0.338 e. The Kier molecular flexibility index (Phi) is 11.6. The number of nitrogens with one attached hydrogen (secondary N) is 2. The van der Waals surface area contributed by atoms with Crippen LogP contribution in [0.4, 0.5) is 5.82 Å². The molecule has 2 aromatic rings. The smallest absolute Gasteiger partial charge is 0.169 e. The van der Waals surface area contributed by atoms with E-state index >= 15 is 0 Å². The molecule has 0 amide bonds. The van der Waals surface area contributed by atoms with E-state index in [1.54, 1.807) is 0 Å². The third kappa shape index (κ3) is 8.99. The molecule has 0 aliphatic heterocycles. The molecule has 1 aliphatic rings. The van der Waals surface area contributed by atoms with Crippen molar-refractivity contribution in [2.24, 2.45) is 11.8 Å². The molecule has 160 valence electrons. The third-order valence-corrected chi connectivity index (χ3v) is 5.74. The molecule has 1 heterocycles. The molecule has 4 nitrogen and oxygen atoms in total. The van der Waals surface area contributed by atoms with Crippen molar-refractivity contribution in [1.29, 1.82) is 0 Å². The van der Waals surface area contributed by atoms with Gasteiger partial charge in [-0.3, -0.25) is 9.89 Å². The Morgan fingerprint density at radius 2 is 1.93 bits per heavy atom. The lowest BCUT2D eigenvalue weighted by Gasteiger charge is -2.11. The average molecular weight is 462 g/mol. The minimum absolute atomic E-state index is 0.402. The van der Waals surface area contributed by atoms with E-state index in [2.05, 4.69) is 78.7 Å². The number of rotatable bonds is 7. The number of aromatic nitrogens is 2. The number of anilines is 1. The highest BCUT2D eigenvalue weighted by Gasteiger charge is 2.17. The third-order valence-electron chi connectivity index (χ3n) is 4.93. The summed E-state index contributed by atoms with van der Waals surface area (Å²) in [6.07, 6.45) is 7.39. The lowest BCUT2D eigenvalue weighted by atomic mass is 10.0. The van der Waals surface area contributed by atoms with Gasteiger partial charge in [0.15, 0.2) is 12.1 Å².